The molecule has 0 unspecified atom stereocenters. The van der Waals surface area contributed by atoms with Crippen molar-refractivity contribution >= 4 is 33.6 Å². The van der Waals surface area contributed by atoms with Gasteiger partial charge in [-0.25, -0.2) is 0 Å². The topological polar surface area (TPSA) is 75.4 Å². The standard InChI is InChI=1S/C16H18BrN3O3/c1-3-11(2)20(10-15(21)18-14-8-9-23-19-14)16(22)12-6-4-5-7-13(12)17/h4-9,11H,3,10H2,1-2H3,(H,18,19,21)/t11-/m0/s1. The Labute approximate surface area is 143 Å². The second kappa shape index (κ2) is 7.92. The first-order valence-corrected chi connectivity index (χ1v) is 8.08. The smallest absolute Gasteiger partial charge is 0.255 e. The SMILES string of the molecule is CC[C@H](C)N(CC(=O)Nc1ccon1)C(=O)c1ccccc1Br. The Morgan fingerprint density at radius 1 is 1.35 bits per heavy atom. The van der Waals surface area contributed by atoms with Gasteiger partial charge in [0.2, 0.25) is 5.91 Å². The van der Waals surface area contributed by atoms with Gasteiger partial charge in [0.05, 0.1) is 5.56 Å². The van der Waals surface area contributed by atoms with Crippen LogP contribution in [0.25, 0.3) is 0 Å². The van der Waals surface area contributed by atoms with Crippen LogP contribution in [-0.2, 0) is 4.79 Å². The van der Waals surface area contributed by atoms with Crippen LogP contribution in [0, 0.1) is 0 Å². The monoisotopic (exact) mass is 379 g/mol. The zero-order chi connectivity index (χ0) is 16.8. The number of nitrogens with zero attached hydrogens (tertiary/aromatic N) is 2. The van der Waals surface area contributed by atoms with Gasteiger partial charge < -0.3 is 14.7 Å². The number of aromatic nitrogens is 1. The fraction of sp³-hybridized carbons (Fsp3) is 0.312. The van der Waals surface area contributed by atoms with Crippen molar-refractivity contribution in [2.24, 2.45) is 0 Å². The lowest BCUT2D eigenvalue weighted by Gasteiger charge is -2.28. The molecule has 1 aromatic carbocycles. The molecule has 0 aliphatic carbocycles. The number of anilines is 1. The Kier molecular flexibility index (Phi) is 5.92. The van der Waals surface area contributed by atoms with E-state index in [0.29, 0.717) is 15.9 Å². The van der Waals surface area contributed by atoms with E-state index >= 15 is 0 Å². The minimum atomic E-state index is -0.320. The van der Waals surface area contributed by atoms with E-state index in [1.807, 2.05) is 19.9 Å². The molecule has 2 amide bonds. The van der Waals surface area contributed by atoms with Crippen molar-refractivity contribution in [3.05, 3.63) is 46.6 Å². The summed E-state index contributed by atoms with van der Waals surface area (Å²) in [7, 11) is 0. The van der Waals surface area contributed by atoms with Crippen LogP contribution in [0.5, 0.6) is 0 Å². The van der Waals surface area contributed by atoms with Crippen molar-refractivity contribution in [3.8, 4) is 0 Å². The highest BCUT2D eigenvalue weighted by atomic mass is 79.9. The number of benzene rings is 1. The van der Waals surface area contributed by atoms with Gasteiger partial charge in [0, 0.05) is 16.6 Å². The van der Waals surface area contributed by atoms with Crippen LogP contribution in [0.15, 0.2) is 45.6 Å². The molecule has 23 heavy (non-hydrogen) atoms. The maximum Gasteiger partial charge on any atom is 0.255 e. The van der Waals surface area contributed by atoms with E-state index in [9.17, 15) is 9.59 Å². The number of halogens is 1. The normalized spacial score (nSPS) is 11.8. The van der Waals surface area contributed by atoms with Crippen molar-refractivity contribution in [1.82, 2.24) is 10.1 Å². The maximum absolute atomic E-state index is 12.8. The van der Waals surface area contributed by atoms with Gasteiger partial charge in [-0.15, -0.1) is 0 Å². The Balaban J connectivity index is 2.15. The summed E-state index contributed by atoms with van der Waals surface area (Å²) in [6, 6.07) is 8.64. The third-order valence-electron chi connectivity index (χ3n) is 3.51. The molecule has 1 heterocycles. The van der Waals surface area contributed by atoms with Gasteiger partial charge in [0.15, 0.2) is 5.82 Å². The minimum absolute atomic E-state index is 0.0535. The largest absolute Gasteiger partial charge is 0.363 e. The average molecular weight is 380 g/mol. The number of hydrogen-bond donors (Lipinski definition) is 1. The van der Waals surface area contributed by atoms with E-state index < -0.39 is 0 Å². The number of rotatable bonds is 6. The third kappa shape index (κ3) is 4.41. The highest BCUT2D eigenvalue weighted by Crippen LogP contribution is 2.19. The Bertz CT molecular complexity index is 673. The molecule has 0 aliphatic rings. The van der Waals surface area contributed by atoms with Gasteiger partial charge >= 0.3 is 0 Å². The molecule has 0 saturated heterocycles. The van der Waals surface area contributed by atoms with Crippen LogP contribution in [0.3, 0.4) is 0 Å². The highest BCUT2D eigenvalue weighted by molar-refractivity contribution is 9.10. The summed E-state index contributed by atoms with van der Waals surface area (Å²) in [6.07, 6.45) is 2.11. The van der Waals surface area contributed by atoms with Crippen LogP contribution >= 0.6 is 15.9 Å². The first kappa shape index (κ1) is 17.2. The summed E-state index contributed by atoms with van der Waals surface area (Å²) < 4.78 is 5.37. The van der Waals surface area contributed by atoms with Crippen LogP contribution in [-0.4, -0.2) is 34.5 Å². The van der Waals surface area contributed by atoms with E-state index in [1.54, 1.807) is 29.2 Å². The minimum Gasteiger partial charge on any atom is -0.363 e. The predicted molar refractivity (Wildman–Crippen MR) is 90.1 cm³/mol. The zero-order valence-corrected chi connectivity index (χ0v) is 14.5. The Hall–Kier alpha value is -2.15. The van der Waals surface area contributed by atoms with Crippen molar-refractivity contribution in [2.45, 2.75) is 26.3 Å². The zero-order valence-electron chi connectivity index (χ0n) is 13.0. The summed E-state index contributed by atoms with van der Waals surface area (Å²) >= 11 is 3.38. The summed E-state index contributed by atoms with van der Waals surface area (Å²) in [4.78, 5) is 26.5. The molecule has 1 atom stereocenters. The van der Waals surface area contributed by atoms with Crippen molar-refractivity contribution < 1.29 is 14.1 Å². The van der Waals surface area contributed by atoms with Gasteiger partial charge in [-0.2, -0.15) is 0 Å². The van der Waals surface area contributed by atoms with E-state index in [4.69, 9.17) is 0 Å². The van der Waals surface area contributed by atoms with Crippen LogP contribution in [0.4, 0.5) is 5.82 Å². The number of nitrogens with one attached hydrogen (secondary N) is 1. The van der Waals surface area contributed by atoms with Gasteiger partial charge in [-0.1, -0.05) is 24.2 Å². The molecule has 6 nitrogen and oxygen atoms in total. The molecule has 0 radical (unpaired) electrons. The van der Waals surface area contributed by atoms with E-state index in [-0.39, 0.29) is 24.4 Å². The second-order valence-electron chi connectivity index (χ2n) is 5.10. The van der Waals surface area contributed by atoms with E-state index in [0.717, 1.165) is 6.42 Å². The average Bonchev–Trinajstić information content (AvgIpc) is 3.04. The van der Waals surface area contributed by atoms with Crippen molar-refractivity contribution in [1.29, 1.82) is 0 Å². The second-order valence-corrected chi connectivity index (χ2v) is 5.96. The molecule has 7 heteroatoms. The molecule has 0 fully saturated rings. The number of hydrogen-bond acceptors (Lipinski definition) is 4. The molecule has 0 saturated carbocycles. The fourth-order valence-electron chi connectivity index (χ4n) is 2.05. The lowest BCUT2D eigenvalue weighted by molar-refractivity contribution is -0.117. The Morgan fingerprint density at radius 3 is 2.70 bits per heavy atom. The third-order valence-corrected chi connectivity index (χ3v) is 4.20. The molecular formula is C16H18BrN3O3. The van der Waals surface area contributed by atoms with Crippen LogP contribution < -0.4 is 5.32 Å². The summed E-state index contributed by atoms with van der Waals surface area (Å²) in [5.41, 5.74) is 0.530. The molecule has 2 rings (SSSR count). The molecule has 2 aromatic rings. The van der Waals surface area contributed by atoms with E-state index in [2.05, 4.69) is 30.9 Å². The lowest BCUT2D eigenvalue weighted by atomic mass is 10.1. The molecule has 0 spiro atoms. The summed E-state index contributed by atoms with van der Waals surface area (Å²) in [6.45, 7) is 3.83. The van der Waals surface area contributed by atoms with E-state index in [1.165, 1.54) is 6.26 Å². The molecule has 0 bridgehead atoms. The molecular weight excluding hydrogens is 362 g/mol. The summed E-state index contributed by atoms with van der Waals surface area (Å²) in [5, 5.41) is 6.23. The van der Waals surface area contributed by atoms with Gasteiger partial charge in [-0.3, -0.25) is 9.59 Å². The molecule has 0 aliphatic heterocycles. The van der Waals surface area contributed by atoms with Gasteiger partial charge in [0.25, 0.3) is 5.91 Å². The predicted octanol–water partition coefficient (Wildman–Crippen LogP) is 3.32. The van der Waals surface area contributed by atoms with Crippen molar-refractivity contribution in [3.63, 3.8) is 0 Å². The summed E-state index contributed by atoms with van der Waals surface area (Å²) in [5.74, 6) is -0.186. The van der Waals surface area contributed by atoms with Gasteiger partial charge in [0.1, 0.15) is 12.8 Å². The maximum atomic E-state index is 12.8. The van der Waals surface area contributed by atoms with Crippen molar-refractivity contribution in [2.75, 3.05) is 11.9 Å². The first-order valence-electron chi connectivity index (χ1n) is 7.28. The van der Waals surface area contributed by atoms with Crippen LogP contribution in [0.1, 0.15) is 30.6 Å². The first-order chi connectivity index (χ1) is 11.0. The number of carbonyl (C=O) groups excluding carboxylic acids is 2. The highest BCUT2D eigenvalue weighted by Gasteiger charge is 2.24. The number of carbonyl (C=O) groups is 2. The lowest BCUT2D eigenvalue weighted by Crippen LogP contribution is -2.43. The molecule has 1 aromatic heterocycles. The van der Waals surface area contributed by atoms with Crippen LogP contribution in [0.2, 0.25) is 0 Å². The fourth-order valence-corrected chi connectivity index (χ4v) is 2.51. The van der Waals surface area contributed by atoms with Gasteiger partial charge in [-0.05, 0) is 41.4 Å². The quantitative estimate of drug-likeness (QED) is 0.834. The Morgan fingerprint density at radius 2 is 2.09 bits per heavy atom. The number of amides is 2. The molecule has 122 valence electrons. The molecule has 1 N–H and O–H groups in total.